The van der Waals surface area contributed by atoms with Crippen LogP contribution in [0.2, 0.25) is 0 Å². The summed E-state index contributed by atoms with van der Waals surface area (Å²) >= 11 is 0. The average Bonchev–Trinajstić information content (AvgIpc) is 3.30. The molecule has 8 heteroatoms. The van der Waals surface area contributed by atoms with Crippen molar-refractivity contribution < 1.29 is 19.1 Å². The van der Waals surface area contributed by atoms with Crippen molar-refractivity contribution in [3.05, 3.63) is 47.9 Å². The van der Waals surface area contributed by atoms with Crippen LogP contribution in [0, 0.1) is 5.92 Å². The number of carbonyl (C=O) groups is 1. The highest BCUT2D eigenvalue weighted by Gasteiger charge is 2.35. The first-order chi connectivity index (χ1) is 13.2. The van der Waals surface area contributed by atoms with E-state index in [0.717, 1.165) is 37.8 Å². The number of ether oxygens (including phenoxy) is 1. The first-order valence-electron chi connectivity index (χ1n) is 9.29. The molecule has 2 aromatic heterocycles. The summed E-state index contributed by atoms with van der Waals surface area (Å²) in [6.45, 7) is 4.69. The molecule has 4 heterocycles. The number of β-amino-alcohol motifs (C(OH)–C–C–N with tert-alkyl or cyclic N) is 1. The van der Waals surface area contributed by atoms with E-state index in [4.69, 9.17) is 9.15 Å². The summed E-state index contributed by atoms with van der Waals surface area (Å²) in [5, 5.41) is 10.4. The molecule has 0 unspecified atom stereocenters. The molecule has 0 radical (unpaired) electrons. The van der Waals surface area contributed by atoms with Crippen LogP contribution in [0.1, 0.15) is 21.8 Å². The molecule has 4 rings (SSSR count). The zero-order valence-corrected chi connectivity index (χ0v) is 15.2. The summed E-state index contributed by atoms with van der Waals surface area (Å²) < 4.78 is 10.9. The van der Waals surface area contributed by atoms with Gasteiger partial charge < -0.3 is 19.2 Å². The lowest BCUT2D eigenvalue weighted by molar-refractivity contribution is 0.0313. The van der Waals surface area contributed by atoms with E-state index < -0.39 is 6.10 Å². The van der Waals surface area contributed by atoms with Gasteiger partial charge in [0.15, 0.2) is 0 Å². The maximum Gasteiger partial charge on any atom is 0.257 e. The van der Waals surface area contributed by atoms with E-state index in [2.05, 4.69) is 14.9 Å². The van der Waals surface area contributed by atoms with Gasteiger partial charge >= 0.3 is 0 Å². The van der Waals surface area contributed by atoms with Gasteiger partial charge in [0.05, 0.1) is 37.1 Å². The highest BCUT2D eigenvalue weighted by molar-refractivity contribution is 5.94. The molecule has 144 valence electrons. The zero-order chi connectivity index (χ0) is 18.6. The predicted octanol–water partition coefficient (Wildman–Crippen LogP) is 0.577. The SMILES string of the molecule is O=C(c1coc(CN2CCOCC2)c1)N1C[C@@H](Cc2cnccn2)[C@H](O)C1. The van der Waals surface area contributed by atoms with Gasteiger partial charge in [-0.1, -0.05) is 0 Å². The van der Waals surface area contributed by atoms with Crippen LogP contribution in [-0.2, 0) is 17.7 Å². The molecule has 1 amide bonds. The Kier molecular flexibility index (Phi) is 5.47. The number of nitrogens with zero attached hydrogens (tertiary/aromatic N) is 4. The molecular formula is C19H24N4O4. The van der Waals surface area contributed by atoms with Crippen LogP contribution in [0.25, 0.3) is 0 Å². The minimum atomic E-state index is -0.560. The van der Waals surface area contributed by atoms with Crippen LogP contribution in [0.5, 0.6) is 0 Å². The Bertz CT molecular complexity index is 760. The van der Waals surface area contributed by atoms with E-state index in [1.807, 2.05) is 0 Å². The minimum absolute atomic E-state index is 0.0367. The largest absolute Gasteiger partial charge is 0.467 e. The molecule has 8 nitrogen and oxygen atoms in total. The van der Waals surface area contributed by atoms with Gasteiger partial charge in [0, 0.05) is 50.7 Å². The van der Waals surface area contributed by atoms with Crippen molar-refractivity contribution in [2.24, 2.45) is 5.92 Å². The van der Waals surface area contributed by atoms with Crippen LogP contribution >= 0.6 is 0 Å². The van der Waals surface area contributed by atoms with Gasteiger partial charge in [-0.3, -0.25) is 19.7 Å². The third-order valence-electron chi connectivity index (χ3n) is 5.17. The number of carbonyl (C=O) groups excluding carboxylic acids is 1. The fourth-order valence-electron chi connectivity index (χ4n) is 3.66. The number of hydrogen-bond acceptors (Lipinski definition) is 7. The van der Waals surface area contributed by atoms with Gasteiger partial charge in [0.2, 0.25) is 0 Å². The molecule has 0 aliphatic carbocycles. The Balaban J connectivity index is 1.35. The van der Waals surface area contributed by atoms with Crippen molar-refractivity contribution in [3.63, 3.8) is 0 Å². The van der Waals surface area contributed by atoms with Crippen LogP contribution in [-0.4, -0.2) is 76.3 Å². The van der Waals surface area contributed by atoms with E-state index in [1.165, 1.54) is 6.26 Å². The second-order valence-electron chi connectivity index (χ2n) is 7.13. The van der Waals surface area contributed by atoms with Crippen molar-refractivity contribution in [1.29, 1.82) is 0 Å². The number of amides is 1. The predicted molar refractivity (Wildman–Crippen MR) is 95.9 cm³/mol. The molecule has 0 spiro atoms. The second-order valence-corrected chi connectivity index (χ2v) is 7.13. The molecule has 2 aliphatic heterocycles. The Morgan fingerprint density at radius 2 is 2.11 bits per heavy atom. The molecule has 2 saturated heterocycles. The summed E-state index contributed by atoms with van der Waals surface area (Å²) in [7, 11) is 0. The Morgan fingerprint density at radius 3 is 2.89 bits per heavy atom. The molecule has 0 aromatic carbocycles. The lowest BCUT2D eigenvalue weighted by atomic mass is 10.0. The lowest BCUT2D eigenvalue weighted by Crippen LogP contribution is -2.35. The van der Waals surface area contributed by atoms with E-state index in [1.54, 1.807) is 29.6 Å². The molecule has 0 saturated carbocycles. The van der Waals surface area contributed by atoms with Gasteiger partial charge in [-0.15, -0.1) is 0 Å². The number of furan rings is 1. The molecule has 2 atom stereocenters. The van der Waals surface area contributed by atoms with Crippen LogP contribution in [0.3, 0.4) is 0 Å². The minimum Gasteiger partial charge on any atom is -0.467 e. The van der Waals surface area contributed by atoms with Gasteiger partial charge in [0.1, 0.15) is 12.0 Å². The molecule has 27 heavy (non-hydrogen) atoms. The van der Waals surface area contributed by atoms with Crippen molar-refractivity contribution in [2.75, 3.05) is 39.4 Å². The molecule has 2 fully saturated rings. The lowest BCUT2D eigenvalue weighted by Gasteiger charge is -2.25. The van der Waals surface area contributed by atoms with Gasteiger partial charge in [0.25, 0.3) is 5.91 Å². The normalized spacial score (nSPS) is 23.7. The van der Waals surface area contributed by atoms with Crippen LogP contribution in [0.15, 0.2) is 35.3 Å². The fourth-order valence-corrected chi connectivity index (χ4v) is 3.66. The number of rotatable bonds is 5. The zero-order valence-electron chi connectivity index (χ0n) is 15.2. The number of likely N-dealkylation sites (tertiary alicyclic amines) is 1. The van der Waals surface area contributed by atoms with Gasteiger partial charge in [-0.25, -0.2) is 0 Å². The molecule has 0 bridgehead atoms. The fraction of sp³-hybridized carbons (Fsp3) is 0.526. The molecule has 2 aliphatic rings. The van der Waals surface area contributed by atoms with Crippen LogP contribution in [0.4, 0.5) is 0 Å². The smallest absolute Gasteiger partial charge is 0.257 e. The van der Waals surface area contributed by atoms with Gasteiger partial charge in [-0.05, 0) is 12.5 Å². The van der Waals surface area contributed by atoms with Crippen molar-refractivity contribution >= 4 is 5.91 Å². The average molecular weight is 372 g/mol. The van der Waals surface area contributed by atoms with Crippen molar-refractivity contribution in [2.45, 2.75) is 19.1 Å². The highest BCUT2D eigenvalue weighted by atomic mass is 16.5. The van der Waals surface area contributed by atoms with E-state index in [0.29, 0.717) is 31.6 Å². The number of aliphatic hydroxyl groups is 1. The van der Waals surface area contributed by atoms with Crippen LogP contribution < -0.4 is 0 Å². The third kappa shape index (κ3) is 4.35. The molecule has 1 N–H and O–H groups in total. The standard InChI is InChI=1S/C19H24N4O4/c24-18-12-23(10-14(18)7-16-9-20-1-2-21-16)19(25)15-8-17(27-13-15)11-22-3-5-26-6-4-22/h1-2,8-9,13-14,18,24H,3-7,10-12H2/t14-,18-/m1/s1. The maximum atomic E-state index is 12.8. The van der Waals surface area contributed by atoms with Gasteiger partial charge in [-0.2, -0.15) is 0 Å². The number of aliphatic hydroxyl groups excluding tert-OH is 1. The summed E-state index contributed by atoms with van der Waals surface area (Å²) in [4.78, 5) is 25.0. The summed E-state index contributed by atoms with van der Waals surface area (Å²) in [6, 6.07) is 1.81. The number of hydrogen-bond donors (Lipinski definition) is 1. The van der Waals surface area contributed by atoms with E-state index in [-0.39, 0.29) is 11.8 Å². The Labute approximate surface area is 157 Å². The highest BCUT2D eigenvalue weighted by Crippen LogP contribution is 2.23. The first kappa shape index (κ1) is 18.1. The molecular weight excluding hydrogens is 348 g/mol. The monoisotopic (exact) mass is 372 g/mol. The second kappa shape index (κ2) is 8.16. The Morgan fingerprint density at radius 1 is 1.26 bits per heavy atom. The van der Waals surface area contributed by atoms with E-state index in [9.17, 15) is 9.90 Å². The maximum absolute atomic E-state index is 12.8. The number of aromatic nitrogens is 2. The van der Waals surface area contributed by atoms with Crippen molar-refractivity contribution in [3.8, 4) is 0 Å². The Hall–Kier alpha value is -2.29. The topological polar surface area (TPSA) is 91.9 Å². The summed E-state index contributed by atoms with van der Waals surface area (Å²) in [5.41, 5.74) is 1.36. The third-order valence-corrected chi connectivity index (χ3v) is 5.17. The summed E-state index contributed by atoms with van der Waals surface area (Å²) in [6.07, 6.45) is 6.52. The number of morpholine rings is 1. The summed E-state index contributed by atoms with van der Waals surface area (Å²) in [5.74, 6) is 0.633. The van der Waals surface area contributed by atoms with Crippen molar-refractivity contribution in [1.82, 2.24) is 19.8 Å². The molecule has 2 aromatic rings. The van der Waals surface area contributed by atoms with E-state index >= 15 is 0 Å². The quantitative estimate of drug-likeness (QED) is 0.821. The first-order valence-corrected chi connectivity index (χ1v) is 9.29.